The lowest BCUT2D eigenvalue weighted by Gasteiger charge is -2.62. The minimum absolute atomic E-state index is 0.0842. The minimum atomic E-state index is -4.66. The molecule has 2 aromatic heterocycles. The summed E-state index contributed by atoms with van der Waals surface area (Å²) in [5.41, 5.74) is 5.04. The lowest BCUT2D eigenvalue weighted by atomic mass is 9.53. The van der Waals surface area contributed by atoms with Gasteiger partial charge < -0.3 is 34.7 Å². The van der Waals surface area contributed by atoms with Gasteiger partial charge in [0.1, 0.15) is 23.1 Å². The number of halogens is 2. The molecule has 80 heavy (non-hydrogen) atoms. The quantitative estimate of drug-likeness (QED) is 0.0630. The highest BCUT2D eigenvalue weighted by Gasteiger charge is 2.55. The number of nitro groups is 1. The van der Waals surface area contributed by atoms with Gasteiger partial charge in [-0.2, -0.15) is 4.98 Å². The molecule has 1 spiro atoms. The van der Waals surface area contributed by atoms with Crippen LogP contribution in [0, 0.1) is 45.9 Å². The second kappa shape index (κ2) is 21.3. The number of carbonyl (C=O) groups excluding carboxylic acids is 1. The van der Waals surface area contributed by atoms with E-state index >= 15 is 0 Å². The summed E-state index contributed by atoms with van der Waals surface area (Å²) < 4.78 is 71.4. The Hall–Kier alpha value is -6.71. The predicted octanol–water partition coefficient (Wildman–Crippen LogP) is 9.77. The Labute approximate surface area is 464 Å². The van der Waals surface area contributed by atoms with Crippen molar-refractivity contribution in [3.63, 3.8) is 0 Å². The Morgan fingerprint density at radius 2 is 1.73 bits per heavy atom. The van der Waals surface area contributed by atoms with Gasteiger partial charge in [-0.3, -0.25) is 24.7 Å². The maximum atomic E-state index is 14.8. The number of aromatic amines is 1. The van der Waals surface area contributed by atoms with Gasteiger partial charge in [-0.25, -0.2) is 21.9 Å². The van der Waals surface area contributed by atoms with Gasteiger partial charge in [-0.15, -0.1) is 0 Å². The number of H-pyrrole nitrogens is 1. The largest absolute Gasteiger partial charge is 0.468 e. The first kappa shape index (κ1) is 53.9. The van der Waals surface area contributed by atoms with Gasteiger partial charge in [0.2, 0.25) is 5.88 Å². The Morgan fingerprint density at radius 3 is 2.49 bits per heavy atom. The number of fused-ring (bicyclic) bond motifs is 3. The van der Waals surface area contributed by atoms with Crippen LogP contribution in [0.3, 0.4) is 0 Å². The maximum absolute atomic E-state index is 14.8. The number of aliphatic hydroxyl groups is 1. The molecule has 6 aromatic rings. The van der Waals surface area contributed by atoms with Gasteiger partial charge in [0.25, 0.3) is 21.6 Å². The van der Waals surface area contributed by atoms with Crippen LogP contribution in [-0.4, -0.2) is 120 Å². The molecule has 0 bridgehead atoms. The molecule has 2 saturated carbocycles. The molecule has 4 aromatic carbocycles. The molecule has 6 aliphatic rings. The Kier molecular flexibility index (Phi) is 14.4. The van der Waals surface area contributed by atoms with Gasteiger partial charge >= 0.3 is 0 Å². The zero-order valence-corrected chi connectivity index (χ0v) is 46.2. The van der Waals surface area contributed by atoms with Crippen molar-refractivity contribution >= 4 is 55.4 Å². The monoisotopic (exact) mass is 1110 g/mol. The number of aryl methyl sites for hydroxylation is 1. The fourth-order valence-corrected chi connectivity index (χ4v) is 14.8. The van der Waals surface area contributed by atoms with E-state index in [2.05, 4.69) is 72.7 Å². The Balaban J connectivity index is 0.805. The van der Waals surface area contributed by atoms with Crippen molar-refractivity contribution in [1.29, 1.82) is 0 Å². The first-order valence-corrected chi connectivity index (χ1v) is 29.6. The second-order valence-corrected chi connectivity index (χ2v) is 25.3. The number of sulfonamides is 1. The van der Waals surface area contributed by atoms with Crippen molar-refractivity contribution in [2.24, 2.45) is 17.3 Å². The van der Waals surface area contributed by atoms with Crippen LogP contribution in [0.15, 0.2) is 102 Å². The number of hydrogen-bond donors (Lipinski definition) is 4. The van der Waals surface area contributed by atoms with Crippen LogP contribution in [0.1, 0.15) is 98.3 Å². The van der Waals surface area contributed by atoms with E-state index in [1.165, 1.54) is 35.4 Å². The van der Waals surface area contributed by atoms with E-state index in [-0.39, 0.29) is 41.3 Å². The molecule has 4 N–H and O–H groups in total. The van der Waals surface area contributed by atoms with E-state index in [1.54, 1.807) is 18.3 Å². The van der Waals surface area contributed by atoms with Crippen LogP contribution in [-0.2, 0) is 21.3 Å². The number of piperazine rings is 1. The molecular weight excluding hydrogens is 1040 g/mol. The van der Waals surface area contributed by atoms with Crippen LogP contribution >= 0.6 is 0 Å². The van der Waals surface area contributed by atoms with Crippen molar-refractivity contribution < 1.29 is 41.5 Å². The molecule has 20 heteroatoms. The molecule has 4 aliphatic heterocycles. The number of nitrogens with one attached hydrogen (secondary N) is 3. The van der Waals surface area contributed by atoms with Crippen LogP contribution in [0.4, 0.5) is 37.2 Å². The number of piperidine rings is 1. The first-order chi connectivity index (χ1) is 38.4. The SMILES string of the molecule is Cc1ccccc1[C@@H]1CN(Cc2ccc(F)c(F)c2)CCN1[C@H]1CC2(CCN(c3ccc(C(=O)NS(=O)(=O)c4ccc(NCC5CCC(C)(O)CC5)c([N+](=O)[O-])c4)c(N4c5cc6cc[nH]c6nc5O[C@H]5COCC[C@@H]54)c3)CC2)[C@H]1C. The first-order valence-electron chi connectivity index (χ1n) is 28.1. The number of rotatable bonds is 13. The van der Waals surface area contributed by atoms with Crippen molar-refractivity contribution in [2.45, 2.75) is 113 Å². The number of nitro benzene ring substituents is 1. The zero-order valence-electron chi connectivity index (χ0n) is 45.4. The standard InChI is InChI=1S/C60H69F2N9O8S/c1-37-6-4-5-7-44(37)54-35-67(34-40-8-12-46(61)47(62)28-40)25-26-69(54)53-32-60(38(53)2)20-23-68(24-21-60)42-9-11-45(50(30-42)70-49-17-27-78-36-55(49)79-58-52(70)29-41-16-22-63-56(41)65-58)57(72)66-80(76,77)43-10-13-48(51(31-43)71(74)75)64-33-39-14-18-59(3,73)19-15-39/h4-13,16,22,28-31,38-39,49,53-55,64,73H,14-15,17-21,23-27,32-36H2,1-3H3,(H,63,65)(H,66,72)/t38-,39?,49-,53-,54-,55-,59?/m0/s1. The highest BCUT2D eigenvalue weighted by Crippen LogP contribution is 2.57. The fourth-order valence-electron chi connectivity index (χ4n) is 13.9. The molecule has 12 rings (SSSR count). The van der Waals surface area contributed by atoms with Gasteiger partial charge in [0.15, 0.2) is 11.6 Å². The molecule has 422 valence electrons. The number of pyridine rings is 1. The smallest absolute Gasteiger partial charge is 0.293 e. The summed E-state index contributed by atoms with van der Waals surface area (Å²) >= 11 is 0. The number of ether oxygens (including phenoxy) is 2. The van der Waals surface area contributed by atoms with E-state index in [0.29, 0.717) is 73.8 Å². The average molecular weight is 1110 g/mol. The summed E-state index contributed by atoms with van der Waals surface area (Å²) in [6.45, 7) is 12.0. The van der Waals surface area contributed by atoms with E-state index in [1.807, 2.05) is 31.2 Å². The van der Waals surface area contributed by atoms with Gasteiger partial charge in [-0.1, -0.05) is 37.3 Å². The highest BCUT2D eigenvalue weighted by atomic mass is 32.2. The predicted molar refractivity (Wildman–Crippen MR) is 301 cm³/mol. The molecule has 5 fully saturated rings. The average Bonchev–Trinajstić information content (AvgIpc) is 3.25. The maximum Gasteiger partial charge on any atom is 0.293 e. The number of hydrogen-bond acceptors (Lipinski definition) is 14. The number of anilines is 4. The number of aromatic nitrogens is 2. The molecule has 6 heterocycles. The molecule has 1 amide bonds. The second-order valence-electron chi connectivity index (χ2n) is 23.6. The van der Waals surface area contributed by atoms with Crippen LogP contribution in [0.25, 0.3) is 11.0 Å². The number of amides is 1. The third-order valence-electron chi connectivity index (χ3n) is 18.7. The zero-order chi connectivity index (χ0) is 55.7. The van der Waals surface area contributed by atoms with Crippen molar-refractivity contribution in [1.82, 2.24) is 24.5 Å². The number of carbonyl (C=O) groups is 1. The lowest BCUT2D eigenvalue weighted by molar-refractivity contribution is -0.384. The summed E-state index contributed by atoms with van der Waals surface area (Å²) in [5, 5.41) is 26.8. The minimum Gasteiger partial charge on any atom is -0.468 e. The Morgan fingerprint density at radius 1 is 0.925 bits per heavy atom. The summed E-state index contributed by atoms with van der Waals surface area (Å²) in [4.78, 5) is 43.7. The van der Waals surface area contributed by atoms with E-state index in [4.69, 9.17) is 14.5 Å². The topological polar surface area (TPSA) is 199 Å². The van der Waals surface area contributed by atoms with Crippen molar-refractivity contribution in [3.8, 4) is 5.88 Å². The van der Waals surface area contributed by atoms with Crippen LogP contribution in [0.5, 0.6) is 5.88 Å². The molecule has 0 radical (unpaired) electrons. The van der Waals surface area contributed by atoms with E-state index in [9.17, 15) is 37.2 Å². The fraction of sp³-hybridized carbons (Fsp3) is 0.467. The van der Waals surface area contributed by atoms with Crippen molar-refractivity contribution in [3.05, 3.63) is 141 Å². The molecule has 5 atom stereocenters. The third-order valence-corrected chi connectivity index (χ3v) is 20.0. The van der Waals surface area contributed by atoms with Gasteiger partial charge in [0.05, 0.1) is 39.3 Å². The highest BCUT2D eigenvalue weighted by molar-refractivity contribution is 7.90. The van der Waals surface area contributed by atoms with Crippen LogP contribution < -0.4 is 24.6 Å². The summed E-state index contributed by atoms with van der Waals surface area (Å²) in [6.07, 6.45) is 7.57. The molecular formula is C60H69F2N9O8S. The van der Waals surface area contributed by atoms with Crippen LogP contribution in [0.2, 0.25) is 0 Å². The third kappa shape index (κ3) is 10.4. The van der Waals surface area contributed by atoms with E-state index in [0.717, 1.165) is 87.5 Å². The summed E-state index contributed by atoms with van der Waals surface area (Å²) in [5.74, 6) is -1.65. The van der Waals surface area contributed by atoms with Gasteiger partial charge in [0, 0.05) is 87.8 Å². The lowest BCUT2D eigenvalue weighted by Crippen LogP contribution is -2.64. The molecule has 2 aliphatic carbocycles. The summed E-state index contributed by atoms with van der Waals surface area (Å²) in [7, 11) is -4.66. The molecule has 0 unspecified atom stereocenters. The molecule has 17 nitrogen and oxygen atoms in total. The number of nitrogens with zero attached hydrogens (tertiary/aromatic N) is 6. The summed E-state index contributed by atoms with van der Waals surface area (Å²) in [6, 6.07) is 25.9. The van der Waals surface area contributed by atoms with Crippen molar-refractivity contribution in [2.75, 3.05) is 67.6 Å². The number of benzene rings is 4. The molecule has 3 saturated heterocycles. The normalized spacial score (nSPS) is 26.0. The van der Waals surface area contributed by atoms with Gasteiger partial charge in [-0.05, 0) is 154 Å². The van der Waals surface area contributed by atoms with E-state index < -0.39 is 54.8 Å². The Bertz CT molecular complexity index is 3450.